The number of halogens is 1. The molecule has 0 spiro atoms. The maximum atomic E-state index is 5.99. The zero-order valence-electron chi connectivity index (χ0n) is 13.6. The van der Waals surface area contributed by atoms with Crippen molar-refractivity contribution in [1.29, 1.82) is 0 Å². The van der Waals surface area contributed by atoms with Crippen LogP contribution in [0.4, 0.5) is 5.13 Å². The Hall–Kier alpha value is -1.79. The molecule has 0 atom stereocenters. The SMILES string of the molecule is CN=C(NCCc1cccc(Cl)c1)NCc1csc(N(C)C)n1. The number of rotatable bonds is 6. The zero-order valence-corrected chi connectivity index (χ0v) is 15.2. The Balaban J connectivity index is 1.77. The minimum absolute atomic E-state index is 0.654. The van der Waals surface area contributed by atoms with E-state index in [-0.39, 0.29) is 0 Å². The Labute approximate surface area is 146 Å². The summed E-state index contributed by atoms with van der Waals surface area (Å²) in [5.41, 5.74) is 2.21. The van der Waals surface area contributed by atoms with E-state index in [0.29, 0.717) is 6.54 Å². The zero-order chi connectivity index (χ0) is 16.7. The number of hydrogen-bond acceptors (Lipinski definition) is 4. The number of benzene rings is 1. The molecule has 0 bridgehead atoms. The minimum atomic E-state index is 0.654. The predicted octanol–water partition coefficient (Wildman–Crippen LogP) is 2.77. The van der Waals surface area contributed by atoms with Gasteiger partial charge < -0.3 is 15.5 Å². The number of nitrogens with zero attached hydrogens (tertiary/aromatic N) is 3. The summed E-state index contributed by atoms with van der Waals surface area (Å²) in [6, 6.07) is 7.91. The van der Waals surface area contributed by atoms with Crippen LogP contribution in [-0.2, 0) is 13.0 Å². The lowest BCUT2D eigenvalue weighted by Gasteiger charge is -2.11. The maximum absolute atomic E-state index is 5.99. The summed E-state index contributed by atoms with van der Waals surface area (Å²) in [6.45, 7) is 1.45. The van der Waals surface area contributed by atoms with E-state index in [1.165, 1.54) is 5.56 Å². The molecular formula is C16H22ClN5S. The highest BCUT2D eigenvalue weighted by molar-refractivity contribution is 7.13. The first-order valence-electron chi connectivity index (χ1n) is 7.39. The van der Waals surface area contributed by atoms with E-state index < -0.39 is 0 Å². The van der Waals surface area contributed by atoms with Gasteiger partial charge in [0, 0.05) is 38.1 Å². The molecule has 0 amide bonds. The Bertz CT molecular complexity index is 653. The normalized spacial score (nSPS) is 11.4. The quantitative estimate of drug-likeness (QED) is 0.620. The number of nitrogens with one attached hydrogen (secondary N) is 2. The van der Waals surface area contributed by atoms with Crippen molar-refractivity contribution in [3.8, 4) is 0 Å². The Morgan fingerprint density at radius 3 is 2.83 bits per heavy atom. The van der Waals surface area contributed by atoms with E-state index in [1.807, 2.05) is 37.2 Å². The number of anilines is 1. The van der Waals surface area contributed by atoms with Crippen molar-refractivity contribution >= 4 is 34.0 Å². The number of hydrogen-bond donors (Lipinski definition) is 2. The second-order valence-electron chi connectivity index (χ2n) is 5.25. The molecule has 1 heterocycles. The van der Waals surface area contributed by atoms with E-state index in [4.69, 9.17) is 11.6 Å². The van der Waals surface area contributed by atoms with Gasteiger partial charge in [0.1, 0.15) is 0 Å². The van der Waals surface area contributed by atoms with Gasteiger partial charge in [-0.15, -0.1) is 11.3 Å². The lowest BCUT2D eigenvalue weighted by molar-refractivity contribution is 0.786. The summed E-state index contributed by atoms with van der Waals surface area (Å²) in [6.07, 6.45) is 0.892. The second-order valence-corrected chi connectivity index (χ2v) is 6.52. The van der Waals surface area contributed by atoms with Crippen molar-refractivity contribution in [1.82, 2.24) is 15.6 Å². The van der Waals surface area contributed by atoms with Gasteiger partial charge in [0.25, 0.3) is 0 Å². The van der Waals surface area contributed by atoms with Crippen LogP contribution in [0.5, 0.6) is 0 Å². The molecule has 0 saturated heterocycles. The highest BCUT2D eigenvalue weighted by atomic mass is 35.5. The molecule has 5 nitrogen and oxygen atoms in total. The third kappa shape index (κ3) is 5.73. The Kier molecular flexibility index (Phi) is 6.67. The van der Waals surface area contributed by atoms with Crippen LogP contribution in [-0.4, -0.2) is 38.6 Å². The molecular weight excluding hydrogens is 330 g/mol. The summed E-state index contributed by atoms with van der Waals surface area (Å²) in [5, 5.41) is 10.4. The van der Waals surface area contributed by atoms with Crippen molar-refractivity contribution in [2.75, 3.05) is 32.6 Å². The van der Waals surface area contributed by atoms with Crippen molar-refractivity contribution in [3.63, 3.8) is 0 Å². The third-order valence-corrected chi connectivity index (χ3v) is 4.47. The van der Waals surface area contributed by atoms with Gasteiger partial charge in [-0.25, -0.2) is 4.98 Å². The monoisotopic (exact) mass is 351 g/mol. The van der Waals surface area contributed by atoms with E-state index >= 15 is 0 Å². The topological polar surface area (TPSA) is 52.6 Å². The maximum Gasteiger partial charge on any atom is 0.191 e. The van der Waals surface area contributed by atoms with Gasteiger partial charge in [-0.1, -0.05) is 23.7 Å². The largest absolute Gasteiger partial charge is 0.356 e. The lowest BCUT2D eigenvalue weighted by Crippen LogP contribution is -2.37. The molecule has 0 aliphatic carbocycles. The van der Waals surface area contributed by atoms with Crippen LogP contribution in [0.25, 0.3) is 0 Å². The molecule has 2 aromatic rings. The molecule has 0 fully saturated rings. The van der Waals surface area contributed by atoms with Gasteiger partial charge in [0.2, 0.25) is 0 Å². The van der Waals surface area contributed by atoms with E-state index in [0.717, 1.165) is 34.8 Å². The van der Waals surface area contributed by atoms with Gasteiger partial charge in [-0.3, -0.25) is 4.99 Å². The molecule has 0 saturated carbocycles. The molecule has 0 aliphatic rings. The molecule has 0 radical (unpaired) electrons. The first kappa shape index (κ1) is 17.6. The van der Waals surface area contributed by atoms with Crippen molar-refractivity contribution in [2.24, 2.45) is 4.99 Å². The molecule has 2 rings (SSSR count). The van der Waals surface area contributed by atoms with Crippen molar-refractivity contribution in [3.05, 3.63) is 45.9 Å². The first-order chi connectivity index (χ1) is 11.1. The molecule has 0 unspecified atom stereocenters. The fourth-order valence-electron chi connectivity index (χ4n) is 2.00. The van der Waals surface area contributed by atoms with E-state index in [1.54, 1.807) is 18.4 Å². The van der Waals surface area contributed by atoms with Crippen LogP contribution in [0.1, 0.15) is 11.3 Å². The van der Waals surface area contributed by atoms with Crippen LogP contribution in [0.3, 0.4) is 0 Å². The molecule has 124 valence electrons. The average Bonchev–Trinajstić information content (AvgIpc) is 3.00. The van der Waals surface area contributed by atoms with Gasteiger partial charge in [0.05, 0.1) is 12.2 Å². The highest BCUT2D eigenvalue weighted by Gasteiger charge is 2.04. The van der Waals surface area contributed by atoms with Gasteiger partial charge >= 0.3 is 0 Å². The van der Waals surface area contributed by atoms with Crippen LogP contribution < -0.4 is 15.5 Å². The molecule has 1 aromatic heterocycles. The second kappa shape index (κ2) is 8.74. The van der Waals surface area contributed by atoms with Gasteiger partial charge in [0.15, 0.2) is 11.1 Å². The Morgan fingerprint density at radius 2 is 2.17 bits per heavy atom. The number of aromatic nitrogens is 1. The highest BCUT2D eigenvalue weighted by Crippen LogP contribution is 2.17. The summed E-state index contributed by atoms with van der Waals surface area (Å²) < 4.78 is 0. The summed E-state index contributed by atoms with van der Waals surface area (Å²) in [7, 11) is 5.75. The number of thiazole rings is 1. The van der Waals surface area contributed by atoms with Crippen molar-refractivity contribution in [2.45, 2.75) is 13.0 Å². The fraction of sp³-hybridized carbons (Fsp3) is 0.375. The number of aliphatic imine (C=N–C) groups is 1. The van der Waals surface area contributed by atoms with E-state index in [9.17, 15) is 0 Å². The summed E-state index contributed by atoms with van der Waals surface area (Å²) in [4.78, 5) is 10.8. The van der Waals surface area contributed by atoms with Gasteiger partial charge in [-0.05, 0) is 24.1 Å². The summed E-state index contributed by atoms with van der Waals surface area (Å²) in [5.74, 6) is 0.770. The minimum Gasteiger partial charge on any atom is -0.356 e. The third-order valence-electron chi connectivity index (χ3n) is 3.18. The first-order valence-corrected chi connectivity index (χ1v) is 8.65. The average molecular weight is 352 g/mol. The van der Waals surface area contributed by atoms with Crippen LogP contribution >= 0.6 is 22.9 Å². The Morgan fingerprint density at radius 1 is 1.35 bits per heavy atom. The van der Waals surface area contributed by atoms with Crippen LogP contribution in [0.15, 0.2) is 34.6 Å². The van der Waals surface area contributed by atoms with Crippen molar-refractivity contribution < 1.29 is 0 Å². The molecule has 0 aliphatic heterocycles. The summed E-state index contributed by atoms with van der Waals surface area (Å²) >= 11 is 7.62. The molecule has 1 aromatic carbocycles. The molecule has 7 heteroatoms. The standard InChI is InChI=1S/C16H22ClN5S/c1-18-15(19-8-7-12-5-4-6-13(17)9-12)20-10-14-11-23-16(21-14)22(2)3/h4-6,9,11H,7-8,10H2,1-3H3,(H2,18,19,20). The van der Waals surface area contributed by atoms with Crippen LogP contribution in [0, 0.1) is 0 Å². The molecule has 2 N–H and O–H groups in total. The number of guanidine groups is 1. The van der Waals surface area contributed by atoms with E-state index in [2.05, 4.69) is 32.1 Å². The van der Waals surface area contributed by atoms with Crippen LogP contribution in [0.2, 0.25) is 5.02 Å². The lowest BCUT2D eigenvalue weighted by atomic mass is 10.1. The molecule has 23 heavy (non-hydrogen) atoms. The van der Waals surface area contributed by atoms with Gasteiger partial charge in [-0.2, -0.15) is 0 Å². The smallest absolute Gasteiger partial charge is 0.191 e. The predicted molar refractivity (Wildman–Crippen MR) is 99.8 cm³/mol. The fourth-order valence-corrected chi connectivity index (χ4v) is 2.97.